The first-order valence-electron chi connectivity index (χ1n) is 11.4. The van der Waals surface area contributed by atoms with Gasteiger partial charge in [0.1, 0.15) is 17.6 Å². The Balaban J connectivity index is 1.91. The zero-order valence-corrected chi connectivity index (χ0v) is 22.3. The Kier molecular flexibility index (Phi) is 7.46. The van der Waals surface area contributed by atoms with E-state index in [1.807, 2.05) is 61.5 Å². The number of halogens is 3. The Morgan fingerprint density at radius 2 is 1.51 bits per heavy atom. The first-order valence-corrected chi connectivity index (χ1v) is 12.6. The van der Waals surface area contributed by atoms with Crippen LogP contribution in [0.1, 0.15) is 62.0 Å². The molecule has 0 radical (unpaired) electrons. The fourth-order valence-corrected chi connectivity index (χ4v) is 4.72. The van der Waals surface area contributed by atoms with Gasteiger partial charge in [0.25, 0.3) is 0 Å². The van der Waals surface area contributed by atoms with Gasteiger partial charge in [-0.3, -0.25) is 14.7 Å². The average molecular weight is 530 g/mol. The van der Waals surface area contributed by atoms with Crippen molar-refractivity contribution in [1.29, 1.82) is 0 Å². The lowest BCUT2D eigenvalue weighted by Gasteiger charge is -2.28. The second-order valence-corrected chi connectivity index (χ2v) is 10.7. The molecule has 4 rings (SSSR count). The maximum absolute atomic E-state index is 12.9. The first-order chi connectivity index (χ1) is 16.6. The third kappa shape index (κ3) is 5.35. The molecule has 7 heteroatoms. The van der Waals surface area contributed by atoms with Crippen molar-refractivity contribution >= 4 is 46.0 Å². The molecule has 182 valence electrons. The molecule has 0 saturated carbocycles. The predicted molar refractivity (Wildman–Crippen MR) is 144 cm³/mol. The number of ether oxygens (including phenoxy) is 1. The van der Waals surface area contributed by atoms with Crippen LogP contribution in [0.5, 0.6) is 5.75 Å². The van der Waals surface area contributed by atoms with E-state index in [0.717, 1.165) is 16.7 Å². The minimum atomic E-state index is -0.623. The third-order valence-corrected chi connectivity index (χ3v) is 6.75. The lowest BCUT2D eigenvalue weighted by molar-refractivity contribution is 0.231. The van der Waals surface area contributed by atoms with Gasteiger partial charge in [0.05, 0.1) is 18.2 Å². The molecule has 1 heterocycles. The number of amides is 1. The highest BCUT2D eigenvalue weighted by molar-refractivity contribution is 6.64. The monoisotopic (exact) mass is 528 g/mol. The number of aliphatic imine (C=N–C) groups is 1. The summed E-state index contributed by atoms with van der Waals surface area (Å²) >= 11 is 18.5. The van der Waals surface area contributed by atoms with Gasteiger partial charge in [-0.05, 0) is 77.0 Å². The Hall–Kier alpha value is -2.53. The highest BCUT2D eigenvalue weighted by Gasteiger charge is 2.42. The molecule has 0 spiro atoms. The minimum absolute atomic E-state index is 0.0679. The molecule has 3 aromatic rings. The number of amidine groups is 1. The van der Waals surface area contributed by atoms with Gasteiger partial charge in [0.15, 0.2) is 0 Å². The normalized spacial score (nSPS) is 17.9. The number of hydrogen-bond donors (Lipinski definition) is 0. The zero-order chi connectivity index (χ0) is 25.3. The molecule has 0 saturated heterocycles. The number of nitrogens with zero attached hydrogens (tertiary/aromatic N) is 2. The highest BCUT2D eigenvalue weighted by Crippen LogP contribution is 2.45. The van der Waals surface area contributed by atoms with Crippen LogP contribution >= 0.6 is 34.8 Å². The zero-order valence-electron chi connectivity index (χ0n) is 20.1. The van der Waals surface area contributed by atoms with Crippen molar-refractivity contribution in [1.82, 2.24) is 4.90 Å². The molecule has 4 nitrogen and oxygen atoms in total. The lowest BCUT2D eigenvalue weighted by atomic mass is 9.86. The molecule has 1 aliphatic heterocycles. The van der Waals surface area contributed by atoms with Gasteiger partial charge in [-0.25, -0.2) is 0 Å². The van der Waals surface area contributed by atoms with Crippen LogP contribution < -0.4 is 4.74 Å². The standard InChI is InChI=1S/C28H27Cl3N2O2/c1-5-35-23-16-19(28(2,3)4)10-15-22(23)26-32-24(17-6-11-20(29)12-7-17)25(33(26)27(31)34)18-8-13-21(30)14-9-18/h6-16,24-25H,5H2,1-4H3/t24-,25+/m0/s1. The predicted octanol–water partition coefficient (Wildman–Crippen LogP) is 8.59. The fourth-order valence-electron chi connectivity index (χ4n) is 4.29. The molecule has 2 atom stereocenters. The minimum Gasteiger partial charge on any atom is -0.493 e. The van der Waals surface area contributed by atoms with Crippen LogP contribution in [0.4, 0.5) is 4.79 Å². The van der Waals surface area contributed by atoms with Crippen molar-refractivity contribution < 1.29 is 9.53 Å². The summed E-state index contributed by atoms with van der Waals surface area (Å²) in [7, 11) is 0. The lowest BCUT2D eigenvalue weighted by Crippen LogP contribution is -2.34. The van der Waals surface area contributed by atoms with Crippen molar-refractivity contribution in [2.24, 2.45) is 4.99 Å². The molecule has 3 aromatic carbocycles. The van der Waals surface area contributed by atoms with Crippen LogP contribution in [0.2, 0.25) is 10.0 Å². The largest absolute Gasteiger partial charge is 0.493 e. The van der Waals surface area contributed by atoms with Crippen LogP contribution in [-0.2, 0) is 5.41 Å². The molecule has 0 fully saturated rings. The number of rotatable bonds is 5. The molecule has 0 bridgehead atoms. The maximum atomic E-state index is 12.9. The van der Waals surface area contributed by atoms with E-state index in [2.05, 4.69) is 20.8 Å². The van der Waals surface area contributed by atoms with Crippen LogP contribution in [0.15, 0.2) is 71.7 Å². The van der Waals surface area contributed by atoms with Gasteiger partial charge < -0.3 is 4.74 Å². The summed E-state index contributed by atoms with van der Waals surface area (Å²) in [6, 6.07) is 20.0. The van der Waals surface area contributed by atoms with Gasteiger partial charge in [-0.1, -0.05) is 74.3 Å². The van der Waals surface area contributed by atoms with Gasteiger partial charge in [0.2, 0.25) is 0 Å². The molecular weight excluding hydrogens is 503 g/mol. The van der Waals surface area contributed by atoms with Crippen molar-refractivity contribution in [3.05, 3.63) is 99.0 Å². The van der Waals surface area contributed by atoms with Gasteiger partial charge >= 0.3 is 5.37 Å². The topological polar surface area (TPSA) is 41.9 Å². The van der Waals surface area contributed by atoms with Gasteiger partial charge in [-0.15, -0.1) is 0 Å². The van der Waals surface area contributed by atoms with Crippen LogP contribution in [0.25, 0.3) is 0 Å². The van der Waals surface area contributed by atoms with E-state index in [1.54, 1.807) is 17.0 Å². The summed E-state index contributed by atoms with van der Waals surface area (Å²) in [5.74, 6) is 1.13. The SMILES string of the molecule is CCOc1cc(C(C)(C)C)ccc1C1=N[C@@H](c2ccc(Cl)cc2)[C@@H](c2ccc(Cl)cc2)N1C(=O)Cl. The Labute approximate surface area is 221 Å². The van der Waals surface area contributed by atoms with E-state index < -0.39 is 17.5 Å². The van der Waals surface area contributed by atoms with E-state index in [1.165, 1.54) is 0 Å². The number of carbonyl (C=O) groups excluding carboxylic acids is 1. The summed E-state index contributed by atoms with van der Waals surface area (Å²) in [6.45, 7) is 8.84. The maximum Gasteiger partial charge on any atom is 0.322 e. The number of benzene rings is 3. The van der Waals surface area contributed by atoms with Crippen molar-refractivity contribution in [2.45, 2.75) is 45.2 Å². The van der Waals surface area contributed by atoms with Crippen LogP contribution in [0, 0.1) is 0 Å². The average Bonchev–Trinajstić information content (AvgIpc) is 3.20. The van der Waals surface area contributed by atoms with E-state index in [-0.39, 0.29) is 5.41 Å². The van der Waals surface area contributed by atoms with E-state index in [0.29, 0.717) is 33.8 Å². The molecule has 0 aromatic heterocycles. The number of hydrogen-bond acceptors (Lipinski definition) is 3. The summed E-state index contributed by atoms with van der Waals surface area (Å²) in [5.41, 5.74) is 3.55. The van der Waals surface area contributed by atoms with Crippen LogP contribution in [-0.4, -0.2) is 22.7 Å². The summed E-state index contributed by atoms with van der Waals surface area (Å²) < 4.78 is 6.03. The molecule has 35 heavy (non-hydrogen) atoms. The van der Waals surface area contributed by atoms with E-state index in [9.17, 15) is 4.79 Å². The molecule has 0 aliphatic carbocycles. The van der Waals surface area contributed by atoms with E-state index >= 15 is 0 Å². The second-order valence-electron chi connectivity index (χ2n) is 9.46. The Bertz CT molecular complexity index is 1250. The fraction of sp³-hybridized carbons (Fsp3) is 0.286. The highest BCUT2D eigenvalue weighted by atomic mass is 35.5. The number of carbonyl (C=O) groups is 1. The third-order valence-electron chi connectivity index (χ3n) is 6.07. The van der Waals surface area contributed by atoms with Gasteiger partial charge in [-0.2, -0.15) is 0 Å². The Morgan fingerprint density at radius 3 is 2.03 bits per heavy atom. The smallest absolute Gasteiger partial charge is 0.322 e. The summed E-state index contributed by atoms with van der Waals surface area (Å²) in [6.07, 6.45) is 0. The van der Waals surface area contributed by atoms with Gasteiger partial charge in [0, 0.05) is 10.0 Å². The second kappa shape index (κ2) is 10.2. The first kappa shape index (κ1) is 25.6. The molecule has 1 amide bonds. The Morgan fingerprint density at radius 1 is 0.943 bits per heavy atom. The van der Waals surface area contributed by atoms with Crippen LogP contribution in [0.3, 0.4) is 0 Å². The summed E-state index contributed by atoms with van der Waals surface area (Å²) in [5, 5.41) is 0.610. The molecule has 0 unspecified atom stereocenters. The molecular formula is C28H27Cl3N2O2. The van der Waals surface area contributed by atoms with Crippen molar-refractivity contribution in [3.63, 3.8) is 0 Å². The van der Waals surface area contributed by atoms with E-state index in [4.69, 9.17) is 44.5 Å². The van der Waals surface area contributed by atoms with Crippen molar-refractivity contribution in [2.75, 3.05) is 6.61 Å². The molecule has 1 aliphatic rings. The quantitative estimate of drug-likeness (QED) is 0.245. The summed E-state index contributed by atoms with van der Waals surface area (Å²) in [4.78, 5) is 19.5. The molecule has 0 N–H and O–H groups in total. The van der Waals surface area contributed by atoms with Crippen molar-refractivity contribution in [3.8, 4) is 5.75 Å².